The van der Waals surface area contributed by atoms with E-state index in [9.17, 15) is 0 Å². The highest BCUT2D eigenvalue weighted by molar-refractivity contribution is 4.83. The molecule has 0 aromatic carbocycles. The van der Waals surface area contributed by atoms with E-state index in [2.05, 4.69) is 24.1 Å². The van der Waals surface area contributed by atoms with Gasteiger partial charge in [-0.2, -0.15) is 0 Å². The van der Waals surface area contributed by atoms with Crippen molar-refractivity contribution < 1.29 is 0 Å². The first-order chi connectivity index (χ1) is 8.29. The van der Waals surface area contributed by atoms with Crippen molar-refractivity contribution >= 4 is 0 Å². The molecule has 0 aromatic rings. The van der Waals surface area contributed by atoms with Crippen LogP contribution in [0.1, 0.15) is 52.4 Å². The Morgan fingerprint density at radius 1 is 1.18 bits per heavy atom. The van der Waals surface area contributed by atoms with Crippen LogP contribution in [-0.4, -0.2) is 37.1 Å². The molecular weight excluding hydrogens is 208 g/mol. The first kappa shape index (κ1) is 13.4. The van der Waals surface area contributed by atoms with Crippen molar-refractivity contribution in [1.82, 2.24) is 10.2 Å². The van der Waals surface area contributed by atoms with Gasteiger partial charge >= 0.3 is 0 Å². The van der Waals surface area contributed by atoms with Crippen molar-refractivity contribution in [3.05, 3.63) is 0 Å². The molecule has 2 unspecified atom stereocenters. The maximum absolute atomic E-state index is 3.71. The van der Waals surface area contributed by atoms with Gasteiger partial charge in [0.1, 0.15) is 0 Å². The number of rotatable bonds is 4. The molecule has 2 saturated heterocycles. The van der Waals surface area contributed by atoms with E-state index in [4.69, 9.17) is 0 Å². The molecule has 0 spiro atoms. The standard InChI is InChI=1S/C15H30N2/c1-3-5-14-7-10-17(11-8-14)12-15-13(2)6-4-9-16-15/h13-16H,3-12H2,1-2H3. The van der Waals surface area contributed by atoms with Gasteiger partial charge in [-0.1, -0.05) is 26.7 Å². The lowest BCUT2D eigenvalue weighted by Gasteiger charge is -2.38. The topological polar surface area (TPSA) is 15.3 Å². The Morgan fingerprint density at radius 3 is 2.59 bits per heavy atom. The van der Waals surface area contributed by atoms with Crippen LogP contribution >= 0.6 is 0 Å². The number of nitrogens with zero attached hydrogens (tertiary/aromatic N) is 1. The molecule has 2 aliphatic rings. The maximum Gasteiger partial charge on any atom is 0.0220 e. The third-order valence-corrected chi connectivity index (χ3v) is 4.79. The summed E-state index contributed by atoms with van der Waals surface area (Å²) < 4.78 is 0. The van der Waals surface area contributed by atoms with E-state index in [1.807, 2.05) is 0 Å². The third-order valence-electron chi connectivity index (χ3n) is 4.79. The minimum atomic E-state index is 0.756. The molecule has 2 rings (SSSR count). The Bertz CT molecular complexity index is 209. The van der Waals surface area contributed by atoms with Crippen LogP contribution in [0.15, 0.2) is 0 Å². The fraction of sp³-hybridized carbons (Fsp3) is 1.00. The summed E-state index contributed by atoms with van der Waals surface area (Å²) in [6.07, 6.45) is 8.49. The molecule has 2 fully saturated rings. The first-order valence-corrected chi connectivity index (χ1v) is 7.75. The smallest absolute Gasteiger partial charge is 0.0220 e. The van der Waals surface area contributed by atoms with E-state index in [1.165, 1.54) is 64.7 Å². The lowest BCUT2D eigenvalue weighted by Crippen LogP contribution is -2.49. The van der Waals surface area contributed by atoms with Crippen LogP contribution < -0.4 is 5.32 Å². The molecule has 0 radical (unpaired) electrons. The fourth-order valence-corrected chi connectivity index (χ4v) is 3.50. The summed E-state index contributed by atoms with van der Waals surface area (Å²) in [5.74, 6) is 1.89. The minimum Gasteiger partial charge on any atom is -0.312 e. The minimum absolute atomic E-state index is 0.756. The SMILES string of the molecule is CCCC1CCN(CC2NCCCC2C)CC1. The van der Waals surface area contributed by atoms with Gasteiger partial charge in [0.2, 0.25) is 0 Å². The molecule has 17 heavy (non-hydrogen) atoms. The van der Waals surface area contributed by atoms with Crippen LogP contribution in [0.25, 0.3) is 0 Å². The molecule has 100 valence electrons. The molecule has 0 aromatic heterocycles. The summed E-state index contributed by atoms with van der Waals surface area (Å²) in [7, 11) is 0. The van der Waals surface area contributed by atoms with Crippen LogP contribution in [0, 0.1) is 11.8 Å². The second-order valence-electron chi connectivity index (χ2n) is 6.21. The predicted molar refractivity (Wildman–Crippen MR) is 74.3 cm³/mol. The van der Waals surface area contributed by atoms with E-state index >= 15 is 0 Å². The molecule has 0 aliphatic carbocycles. The zero-order valence-corrected chi connectivity index (χ0v) is 11.8. The van der Waals surface area contributed by atoms with Crippen molar-refractivity contribution in [2.75, 3.05) is 26.2 Å². The molecule has 0 saturated carbocycles. The van der Waals surface area contributed by atoms with E-state index in [1.54, 1.807) is 0 Å². The monoisotopic (exact) mass is 238 g/mol. The lowest BCUT2D eigenvalue weighted by molar-refractivity contribution is 0.140. The molecule has 0 amide bonds. The molecule has 2 heteroatoms. The quantitative estimate of drug-likeness (QED) is 0.810. The second-order valence-corrected chi connectivity index (χ2v) is 6.21. The Labute approximate surface area is 107 Å². The largest absolute Gasteiger partial charge is 0.312 e. The van der Waals surface area contributed by atoms with Crippen molar-refractivity contribution in [2.24, 2.45) is 11.8 Å². The van der Waals surface area contributed by atoms with Crippen LogP contribution in [0.5, 0.6) is 0 Å². The van der Waals surface area contributed by atoms with E-state index in [0.29, 0.717) is 0 Å². The zero-order valence-electron chi connectivity index (χ0n) is 11.8. The molecule has 1 N–H and O–H groups in total. The van der Waals surface area contributed by atoms with Crippen LogP contribution in [0.4, 0.5) is 0 Å². The molecular formula is C15H30N2. The van der Waals surface area contributed by atoms with Gasteiger partial charge in [-0.25, -0.2) is 0 Å². The van der Waals surface area contributed by atoms with Crippen LogP contribution in [-0.2, 0) is 0 Å². The Morgan fingerprint density at radius 2 is 1.94 bits per heavy atom. The summed E-state index contributed by atoms with van der Waals surface area (Å²) in [5, 5.41) is 3.71. The Hall–Kier alpha value is -0.0800. The highest BCUT2D eigenvalue weighted by Crippen LogP contribution is 2.23. The number of hydrogen-bond donors (Lipinski definition) is 1. The van der Waals surface area contributed by atoms with Gasteiger partial charge in [-0.15, -0.1) is 0 Å². The van der Waals surface area contributed by atoms with Gasteiger partial charge in [0.25, 0.3) is 0 Å². The van der Waals surface area contributed by atoms with Crippen molar-refractivity contribution in [3.63, 3.8) is 0 Å². The van der Waals surface area contributed by atoms with Gasteiger partial charge in [0, 0.05) is 12.6 Å². The van der Waals surface area contributed by atoms with Gasteiger partial charge < -0.3 is 10.2 Å². The van der Waals surface area contributed by atoms with Gasteiger partial charge in [0.15, 0.2) is 0 Å². The highest BCUT2D eigenvalue weighted by Gasteiger charge is 2.25. The predicted octanol–water partition coefficient (Wildman–Crippen LogP) is 2.89. The van der Waals surface area contributed by atoms with E-state index in [-0.39, 0.29) is 0 Å². The average Bonchev–Trinajstić information content (AvgIpc) is 2.35. The van der Waals surface area contributed by atoms with E-state index < -0.39 is 0 Å². The molecule has 2 heterocycles. The number of hydrogen-bond acceptors (Lipinski definition) is 2. The van der Waals surface area contributed by atoms with Gasteiger partial charge in [-0.05, 0) is 57.2 Å². The van der Waals surface area contributed by atoms with E-state index in [0.717, 1.165) is 17.9 Å². The zero-order chi connectivity index (χ0) is 12.1. The molecule has 2 nitrogen and oxygen atoms in total. The fourth-order valence-electron chi connectivity index (χ4n) is 3.50. The average molecular weight is 238 g/mol. The molecule has 2 aliphatic heterocycles. The maximum atomic E-state index is 3.71. The molecule has 0 bridgehead atoms. The number of likely N-dealkylation sites (tertiary alicyclic amines) is 1. The summed E-state index contributed by atoms with van der Waals surface area (Å²) >= 11 is 0. The third kappa shape index (κ3) is 3.96. The summed E-state index contributed by atoms with van der Waals surface area (Å²) in [6.45, 7) is 9.95. The lowest BCUT2D eigenvalue weighted by atomic mass is 9.89. The second kappa shape index (κ2) is 6.75. The van der Waals surface area contributed by atoms with Crippen molar-refractivity contribution in [1.29, 1.82) is 0 Å². The number of piperidine rings is 2. The first-order valence-electron chi connectivity index (χ1n) is 7.75. The van der Waals surface area contributed by atoms with Crippen molar-refractivity contribution in [2.45, 2.75) is 58.4 Å². The summed E-state index contributed by atoms with van der Waals surface area (Å²) in [5.41, 5.74) is 0. The van der Waals surface area contributed by atoms with Crippen molar-refractivity contribution in [3.8, 4) is 0 Å². The summed E-state index contributed by atoms with van der Waals surface area (Å²) in [6, 6.07) is 0.756. The Kier molecular flexibility index (Phi) is 5.30. The van der Waals surface area contributed by atoms with Gasteiger partial charge in [0.05, 0.1) is 0 Å². The highest BCUT2D eigenvalue weighted by atomic mass is 15.2. The molecule has 2 atom stereocenters. The van der Waals surface area contributed by atoms with Crippen LogP contribution in [0.3, 0.4) is 0 Å². The Balaban J connectivity index is 1.70. The number of nitrogens with one attached hydrogen (secondary N) is 1. The normalized spacial score (nSPS) is 32.8. The van der Waals surface area contributed by atoms with Crippen LogP contribution in [0.2, 0.25) is 0 Å². The van der Waals surface area contributed by atoms with Gasteiger partial charge in [-0.3, -0.25) is 0 Å². The summed E-state index contributed by atoms with van der Waals surface area (Å²) in [4.78, 5) is 2.70.